The highest BCUT2D eigenvalue weighted by Gasteiger charge is 2.05. The van der Waals surface area contributed by atoms with Gasteiger partial charge < -0.3 is 24.8 Å². The van der Waals surface area contributed by atoms with Gasteiger partial charge >= 0.3 is 0 Å². The molecule has 0 aliphatic rings. The highest BCUT2D eigenvalue weighted by atomic mass is 127. The molecule has 1 aromatic carbocycles. The Morgan fingerprint density at radius 3 is 2.59 bits per heavy atom. The number of aryl methyl sites for hydroxylation is 1. The number of hydrogen-bond donors (Lipinski definition) is 2. The number of ether oxygens (including phenoxy) is 3. The minimum absolute atomic E-state index is 0. The van der Waals surface area contributed by atoms with Crippen molar-refractivity contribution in [1.82, 2.24) is 10.6 Å². The van der Waals surface area contributed by atoms with E-state index in [0.717, 1.165) is 43.4 Å². The van der Waals surface area contributed by atoms with E-state index >= 15 is 0 Å². The van der Waals surface area contributed by atoms with Gasteiger partial charge in [-0.15, -0.1) is 24.0 Å². The number of nitrogens with one attached hydrogen (secondary N) is 2. The summed E-state index contributed by atoms with van der Waals surface area (Å²) in [5.74, 6) is 1.67. The molecular formula is C20H36IN3O3. The third-order valence-electron chi connectivity index (χ3n) is 3.58. The summed E-state index contributed by atoms with van der Waals surface area (Å²) in [7, 11) is 1.67. The molecule has 7 heteroatoms. The van der Waals surface area contributed by atoms with Crippen molar-refractivity contribution in [1.29, 1.82) is 0 Å². The minimum Gasteiger partial charge on any atom is -0.491 e. The number of nitrogens with zero attached hydrogens (tertiary/aromatic N) is 1. The van der Waals surface area contributed by atoms with E-state index in [1.165, 1.54) is 5.56 Å². The molecule has 6 nitrogen and oxygen atoms in total. The second-order valence-corrected chi connectivity index (χ2v) is 6.35. The van der Waals surface area contributed by atoms with Gasteiger partial charge in [0.2, 0.25) is 0 Å². The third kappa shape index (κ3) is 12.1. The smallest absolute Gasteiger partial charge is 0.191 e. The molecule has 0 heterocycles. The summed E-state index contributed by atoms with van der Waals surface area (Å²) in [6.45, 7) is 12.3. The number of guanidine groups is 1. The predicted molar refractivity (Wildman–Crippen MR) is 122 cm³/mol. The van der Waals surface area contributed by atoms with E-state index in [1.807, 2.05) is 19.9 Å². The fourth-order valence-electron chi connectivity index (χ4n) is 2.27. The standard InChI is InChI=1S/C20H35N3O3.HI/c1-6-21-20(22-10-7-11-25-16(2)3)23-15-18-9-8-17(4)14-19(18)26-13-12-24-5;/h8-9,14,16H,6-7,10-13,15H2,1-5H3,(H2,21,22,23);1H. The van der Waals surface area contributed by atoms with Gasteiger partial charge in [-0.05, 0) is 45.7 Å². The van der Waals surface area contributed by atoms with Crippen LogP contribution in [-0.2, 0) is 16.0 Å². The summed E-state index contributed by atoms with van der Waals surface area (Å²) in [6, 6.07) is 6.20. The van der Waals surface area contributed by atoms with Crippen molar-refractivity contribution in [2.24, 2.45) is 4.99 Å². The second-order valence-electron chi connectivity index (χ2n) is 6.35. The number of aliphatic imine (C=N–C) groups is 1. The van der Waals surface area contributed by atoms with E-state index in [0.29, 0.717) is 19.8 Å². The SMILES string of the molecule is CCNC(=NCc1ccc(C)cc1OCCOC)NCCCOC(C)C.I. The highest BCUT2D eigenvalue weighted by Crippen LogP contribution is 2.21. The van der Waals surface area contributed by atoms with Crippen LogP contribution in [0.15, 0.2) is 23.2 Å². The van der Waals surface area contributed by atoms with Crippen LogP contribution in [-0.4, -0.2) is 52.1 Å². The maximum atomic E-state index is 5.83. The van der Waals surface area contributed by atoms with Crippen LogP contribution in [0, 0.1) is 6.92 Å². The van der Waals surface area contributed by atoms with E-state index < -0.39 is 0 Å². The first-order valence-corrected chi connectivity index (χ1v) is 9.41. The fourth-order valence-corrected chi connectivity index (χ4v) is 2.27. The Morgan fingerprint density at radius 1 is 1.15 bits per heavy atom. The van der Waals surface area contributed by atoms with Gasteiger partial charge in [-0.25, -0.2) is 4.99 Å². The van der Waals surface area contributed by atoms with Crippen LogP contribution in [0.25, 0.3) is 0 Å². The number of hydrogen-bond acceptors (Lipinski definition) is 4. The lowest BCUT2D eigenvalue weighted by Gasteiger charge is -2.14. The minimum atomic E-state index is 0. The number of halogens is 1. The summed E-state index contributed by atoms with van der Waals surface area (Å²) in [5, 5.41) is 6.62. The normalized spacial score (nSPS) is 11.3. The van der Waals surface area contributed by atoms with Crippen LogP contribution in [0.1, 0.15) is 38.3 Å². The monoisotopic (exact) mass is 493 g/mol. The Hall–Kier alpha value is -1.06. The van der Waals surface area contributed by atoms with Crippen LogP contribution >= 0.6 is 24.0 Å². The molecule has 156 valence electrons. The molecule has 0 unspecified atom stereocenters. The van der Waals surface area contributed by atoms with Crippen molar-refractivity contribution in [2.45, 2.75) is 46.8 Å². The highest BCUT2D eigenvalue weighted by molar-refractivity contribution is 14.0. The van der Waals surface area contributed by atoms with E-state index in [1.54, 1.807) is 7.11 Å². The molecule has 1 aromatic rings. The fraction of sp³-hybridized carbons (Fsp3) is 0.650. The van der Waals surface area contributed by atoms with E-state index in [-0.39, 0.29) is 30.1 Å². The number of rotatable bonds is 12. The van der Waals surface area contributed by atoms with Crippen molar-refractivity contribution < 1.29 is 14.2 Å². The quantitative estimate of drug-likeness (QED) is 0.202. The molecule has 0 spiro atoms. The maximum absolute atomic E-state index is 5.83. The Morgan fingerprint density at radius 2 is 1.93 bits per heavy atom. The molecule has 0 fully saturated rings. The Labute approximate surface area is 181 Å². The predicted octanol–water partition coefficient (Wildman–Crippen LogP) is 3.51. The molecule has 1 rings (SSSR count). The first-order valence-electron chi connectivity index (χ1n) is 9.41. The van der Waals surface area contributed by atoms with Gasteiger partial charge in [0, 0.05) is 32.4 Å². The van der Waals surface area contributed by atoms with E-state index in [2.05, 4.69) is 41.6 Å². The molecule has 2 N–H and O–H groups in total. The average molecular weight is 493 g/mol. The summed E-state index contributed by atoms with van der Waals surface area (Å²) >= 11 is 0. The van der Waals surface area contributed by atoms with Gasteiger partial charge in [-0.3, -0.25) is 0 Å². The summed E-state index contributed by atoms with van der Waals surface area (Å²) in [5.41, 5.74) is 2.23. The van der Waals surface area contributed by atoms with Crippen molar-refractivity contribution >= 4 is 29.9 Å². The largest absolute Gasteiger partial charge is 0.491 e. The van der Waals surface area contributed by atoms with Gasteiger partial charge in [0.1, 0.15) is 12.4 Å². The zero-order valence-electron chi connectivity index (χ0n) is 17.3. The van der Waals surface area contributed by atoms with Gasteiger partial charge in [-0.2, -0.15) is 0 Å². The Balaban J connectivity index is 0.00000676. The van der Waals surface area contributed by atoms with Crippen LogP contribution < -0.4 is 15.4 Å². The molecule has 0 aliphatic heterocycles. The Kier molecular flexibility index (Phi) is 15.3. The maximum Gasteiger partial charge on any atom is 0.191 e. The van der Waals surface area contributed by atoms with Gasteiger partial charge in [0.05, 0.1) is 19.3 Å². The van der Waals surface area contributed by atoms with Crippen LogP contribution in [0.5, 0.6) is 5.75 Å². The summed E-state index contributed by atoms with van der Waals surface area (Å²) in [6.07, 6.45) is 1.22. The first-order chi connectivity index (χ1) is 12.6. The topological polar surface area (TPSA) is 64.1 Å². The Bertz CT molecular complexity index is 539. The van der Waals surface area contributed by atoms with Crippen LogP contribution in [0.3, 0.4) is 0 Å². The van der Waals surface area contributed by atoms with Crippen LogP contribution in [0.4, 0.5) is 0 Å². The molecule has 0 atom stereocenters. The molecule has 0 aliphatic carbocycles. The number of methoxy groups -OCH3 is 1. The van der Waals surface area contributed by atoms with Crippen molar-refractivity contribution in [3.63, 3.8) is 0 Å². The lowest BCUT2D eigenvalue weighted by atomic mass is 10.1. The molecule has 0 aromatic heterocycles. The molecular weight excluding hydrogens is 457 g/mol. The third-order valence-corrected chi connectivity index (χ3v) is 3.58. The first kappa shape index (κ1) is 25.9. The average Bonchev–Trinajstić information content (AvgIpc) is 2.60. The van der Waals surface area contributed by atoms with Crippen molar-refractivity contribution in [2.75, 3.05) is 40.0 Å². The lowest BCUT2D eigenvalue weighted by Crippen LogP contribution is -2.38. The molecule has 27 heavy (non-hydrogen) atoms. The summed E-state index contributed by atoms with van der Waals surface area (Å²) in [4.78, 5) is 4.68. The van der Waals surface area contributed by atoms with E-state index in [4.69, 9.17) is 14.2 Å². The molecule has 0 saturated heterocycles. The van der Waals surface area contributed by atoms with Crippen molar-refractivity contribution in [3.8, 4) is 5.75 Å². The molecule has 0 radical (unpaired) electrons. The zero-order valence-corrected chi connectivity index (χ0v) is 19.7. The van der Waals surface area contributed by atoms with Gasteiger partial charge in [-0.1, -0.05) is 12.1 Å². The zero-order chi connectivity index (χ0) is 19.2. The van der Waals surface area contributed by atoms with Gasteiger partial charge in [0.15, 0.2) is 5.96 Å². The lowest BCUT2D eigenvalue weighted by molar-refractivity contribution is 0.0776. The molecule has 0 amide bonds. The number of benzene rings is 1. The van der Waals surface area contributed by atoms with Gasteiger partial charge in [0.25, 0.3) is 0 Å². The summed E-state index contributed by atoms with van der Waals surface area (Å²) < 4.78 is 16.5. The van der Waals surface area contributed by atoms with Crippen LogP contribution in [0.2, 0.25) is 0 Å². The van der Waals surface area contributed by atoms with E-state index in [9.17, 15) is 0 Å². The second kappa shape index (κ2) is 15.9. The molecule has 0 bridgehead atoms. The molecule has 0 saturated carbocycles. The van der Waals surface area contributed by atoms with Crippen molar-refractivity contribution in [3.05, 3.63) is 29.3 Å².